The van der Waals surface area contributed by atoms with Crippen molar-refractivity contribution in [2.24, 2.45) is 0 Å². The van der Waals surface area contributed by atoms with Crippen LogP contribution in [-0.2, 0) is 9.31 Å². The van der Waals surface area contributed by atoms with Crippen molar-refractivity contribution in [2.45, 2.75) is 57.7 Å². The monoisotopic (exact) mass is 262 g/mol. The topological polar surface area (TPSA) is 18.5 Å². The average Bonchev–Trinajstić information content (AvgIpc) is 3.08. The highest BCUT2D eigenvalue weighted by Crippen LogP contribution is 2.40. The van der Waals surface area contributed by atoms with Gasteiger partial charge in [-0.1, -0.05) is 12.1 Å². The van der Waals surface area contributed by atoms with Crippen molar-refractivity contribution in [3.05, 3.63) is 29.6 Å². The zero-order valence-electron chi connectivity index (χ0n) is 12.0. The van der Waals surface area contributed by atoms with Crippen molar-refractivity contribution in [3.63, 3.8) is 0 Å². The first kappa shape index (κ1) is 13.1. The Kier molecular flexibility index (Phi) is 2.81. The van der Waals surface area contributed by atoms with Gasteiger partial charge in [0.1, 0.15) is 5.82 Å². The summed E-state index contributed by atoms with van der Waals surface area (Å²) in [5.41, 5.74) is 0.869. The van der Waals surface area contributed by atoms with Crippen molar-refractivity contribution in [3.8, 4) is 0 Å². The smallest absolute Gasteiger partial charge is 0.399 e. The van der Waals surface area contributed by atoms with Gasteiger partial charge in [0.05, 0.1) is 11.2 Å². The minimum atomic E-state index is -0.608. The summed E-state index contributed by atoms with van der Waals surface area (Å²) in [6.07, 6.45) is 2.41. The van der Waals surface area contributed by atoms with Crippen LogP contribution < -0.4 is 5.46 Å². The second kappa shape index (κ2) is 4.06. The first-order valence-electron chi connectivity index (χ1n) is 6.95. The predicted octanol–water partition coefficient (Wildman–Crippen LogP) is 3.00. The number of halogens is 1. The first-order chi connectivity index (χ1) is 8.80. The van der Waals surface area contributed by atoms with Crippen molar-refractivity contribution in [1.29, 1.82) is 0 Å². The van der Waals surface area contributed by atoms with Gasteiger partial charge in [-0.2, -0.15) is 0 Å². The minimum absolute atomic E-state index is 0.247. The third kappa shape index (κ3) is 2.21. The van der Waals surface area contributed by atoms with Crippen molar-refractivity contribution < 1.29 is 13.7 Å². The van der Waals surface area contributed by atoms with E-state index in [9.17, 15) is 4.39 Å². The molecule has 2 aliphatic rings. The summed E-state index contributed by atoms with van der Waals surface area (Å²) in [5.74, 6) is 0.352. The Labute approximate surface area is 114 Å². The fraction of sp³-hybridized carbons (Fsp3) is 0.600. The molecule has 0 unspecified atom stereocenters. The van der Waals surface area contributed by atoms with E-state index in [0.717, 1.165) is 0 Å². The Morgan fingerprint density at radius 3 is 2.21 bits per heavy atom. The van der Waals surface area contributed by atoms with Crippen LogP contribution in [0.5, 0.6) is 0 Å². The molecule has 102 valence electrons. The number of hydrogen-bond donors (Lipinski definition) is 0. The van der Waals surface area contributed by atoms with Crippen LogP contribution in [-0.4, -0.2) is 18.3 Å². The fourth-order valence-electron chi connectivity index (χ4n) is 2.38. The number of hydrogen-bond acceptors (Lipinski definition) is 2. The van der Waals surface area contributed by atoms with E-state index in [0.29, 0.717) is 11.4 Å². The Balaban J connectivity index is 1.92. The molecule has 1 saturated carbocycles. The zero-order chi connectivity index (χ0) is 13.8. The molecule has 2 nitrogen and oxygen atoms in total. The predicted molar refractivity (Wildman–Crippen MR) is 74.1 cm³/mol. The molecule has 4 heteroatoms. The minimum Gasteiger partial charge on any atom is -0.399 e. The number of rotatable bonds is 2. The van der Waals surface area contributed by atoms with Crippen molar-refractivity contribution in [1.82, 2.24) is 0 Å². The Morgan fingerprint density at radius 2 is 1.68 bits per heavy atom. The fourth-order valence-corrected chi connectivity index (χ4v) is 2.38. The first-order valence-corrected chi connectivity index (χ1v) is 6.95. The standard InChI is InChI=1S/C15H20BFO2/c1-14(2)15(3,4)19-16(18-14)12-9-11(10-5-6-10)7-8-13(12)17/h7-10H,5-6H2,1-4H3. The van der Waals surface area contributed by atoms with Gasteiger partial charge in [0.15, 0.2) is 0 Å². The van der Waals surface area contributed by atoms with Crippen LogP contribution in [0.15, 0.2) is 18.2 Å². The highest BCUT2D eigenvalue weighted by Gasteiger charge is 2.52. The van der Waals surface area contributed by atoms with Gasteiger partial charge in [0, 0.05) is 5.46 Å². The van der Waals surface area contributed by atoms with Crippen molar-refractivity contribution >= 4 is 12.6 Å². The van der Waals surface area contributed by atoms with Crippen LogP contribution in [0.25, 0.3) is 0 Å². The summed E-state index contributed by atoms with van der Waals surface area (Å²) in [6, 6.07) is 5.32. The largest absolute Gasteiger partial charge is 0.497 e. The lowest BCUT2D eigenvalue weighted by Gasteiger charge is -2.32. The molecule has 1 heterocycles. The van der Waals surface area contributed by atoms with Gasteiger partial charge in [-0.05, 0) is 58.1 Å². The van der Waals surface area contributed by atoms with E-state index in [1.807, 2.05) is 39.8 Å². The van der Waals surface area contributed by atoms with Crippen LogP contribution in [0.1, 0.15) is 52.0 Å². The molecule has 0 atom stereocenters. The summed E-state index contributed by atoms with van der Waals surface area (Å²) in [4.78, 5) is 0. The lowest BCUT2D eigenvalue weighted by molar-refractivity contribution is 0.00578. The maximum atomic E-state index is 14.0. The van der Waals surface area contributed by atoms with Gasteiger partial charge in [-0.15, -0.1) is 0 Å². The van der Waals surface area contributed by atoms with Gasteiger partial charge < -0.3 is 9.31 Å². The van der Waals surface area contributed by atoms with E-state index in [4.69, 9.17) is 9.31 Å². The van der Waals surface area contributed by atoms with E-state index in [2.05, 4.69) is 0 Å². The molecule has 0 amide bonds. The van der Waals surface area contributed by atoms with Gasteiger partial charge in [-0.3, -0.25) is 0 Å². The summed E-state index contributed by atoms with van der Waals surface area (Å²) in [5, 5.41) is 0. The lowest BCUT2D eigenvalue weighted by Crippen LogP contribution is -2.41. The van der Waals surface area contributed by atoms with E-state index in [1.54, 1.807) is 0 Å². The van der Waals surface area contributed by atoms with Crippen LogP contribution in [0.4, 0.5) is 4.39 Å². The molecule has 1 saturated heterocycles. The summed E-state index contributed by atoms with van der Waals surface area (Å²) in [6.45, 7) is 7.93. The highest BCUT2D eigenvalue weighted by atomic mass is 19.1. The third-order valence-electron chi connectivity index (χ3n) is 4.58. The molecule has 1 aliphatic carbocycles. The molecular weight excluding hydrogens is 242 g/mol. The SMILES string of the molecule is CC1(C)OB(c2cc(C3CC3)ccc2F)OC1(C)C. The van der Waals surface area contributed by atoms with Crippen LogP contribution in [0, 0.1) is 5.82 Å². The molecule has 3 rings (SSSR count). The maximum absolute atomic E-state index is 14.0. The second-order valence-electron chi connectivity index (χ2n) is 6.64. The van der Waals surface area contributed by atoms with E-state index in [1.165, 1.54) is 24.5 Å². The Morgan fingerprint density at radius 1 is 1.11 bits per heavy atom. The van der Waals surface area contributed by atoms with Crippen LogP contribution in [0.2, 0.25) is 0 Å². The van der Waals surface area contributed by atoms with Crippen molar-refractivity contribution in [2.75, 3.05) is 0 Å². The number of benzene rings is 1. The molecule has 0 spiro atoms. The maximum Gasteiger partial charge on any atom is 0.497 e. The molecular formula is C15H20BFO2. The summed E-state index contributed by atoms with van der Waals surface area (Å²) in [7, 11) is -0.608. The average molecular weight is 262 g/mol. The van der Waals surface area contributed by atoms with Gasteiger partial charge in [-0.25, -0.2) is 4.39 Å². The summed E-state index contributed by atoms with van der Waals surface area (Å²) < 4.78 is 25.9. The van der Waals surface area contributed by atoms with Gasteiger partial charge in [0.2, 0.25) is 0 Å². The van der Waals surface area contributed by atoms with Crippen LogP contribution >= 0.6 is 0 Å². The van der Waals surface area contributed by atoms with Gasteiger partial charge in [0.25, 0.3) is 0 Å². The van der Waals surface area contributed by atoms with E-state index >= 15 is 0 Å². The Hall–Kier alpha value is -0.865. The van der Waals surface area contributed by atoms with E-state index < -0.39 is 18.3 Å². The molecule has 0 N–H and O–H groups in total. The second-order valence-corrected chi connectivity index (χ2v) is 6.64. The molecule has 2 fully saturated rings. The molecule has 0 radical (unpaired) electrons. The molecule has 0 aromatic heterocycles. The normalized spacial score (nSPS) is 24.8. The zero-order valence-corrected chi connectivity index (χ0v) is 12.0. The molecule has 19 heavy (non-hydrogen) atoms. The Bertz CT molecular complexity index is 493. The third-order valence-corrected chi connectivity index (χ3v) is 4.58. The van der Waals surface area contributed by atoms with Crippen LogP contribution in [0.3, 0.4) is 0 Å². The molecule has 1 aromatic carbocycles. The lowest BCUT2D eigenvalue weighted by atomic mass is 9.77. The molecule has 1 aliphatic heterocycles. The molecule has 0 bridgehead atoms. The quantitative estimate of drug-likeness (QED) is 0.763. The van der Waals surface area contributed by atoms with Gasteiger partial charge >= 0.3 is 7.12 Å². The molecule has 1 aromatic rings. The summed E-state index contributed by atoms with van der Waals surface area (Å²) >= 11 is 0. The highest BCUT2D eigenvalue weighted by molar-refractivity contribution is 6.62. The van der Waals surface area contributed by atoms with E-state index in [-0.39, 0.29) is 5.82 Å².